The Labute approximate surface area is 112 Å². The Kier molecular flexibility index (Phi) is 6.05. The minimum Gasteiger partial charge on any atom is -0.389 e. The average Bonchev–Trinajstić information content (AvgIpc) is 2.31. The Hall–Kier alpha value is -0.160. The van der Waals surface area contributed by atoms with E-state index in [1.54, 1.807) is 0 Å². The van der Waals surface area contributed by atoms with Gasteiger partial charge in [-0.25, -0.2) is 0 Å². The first-order valence-electron chi connectivity index (χ1n) is 7.22. The predicted molar refractivity (Wildman–Crippen MR) is 76.7 cm³/mol. The van der Waals surface area contributed by atoms with E-state index in [2.05, 4.69) is 30.7 Å². The molecule has 4 heteroatoms. The van der Waals surface area contributed by atoms with Gasteiger partial charge in [0.1, 0.15) is 0 Å². The monoisotopic (exact) mass is 257 g/mol. The molecule has 4 nitrogen and oxygen atoms in total. The molecule has 1 aliphatic heterocycles. The lowest BCUT2D eigenvalue weighted by Crippen LogP contribution is -2.54. The zero-order valence-electron chi connectivity index (χ0n) is 12.5. The van der Waals surface area contributed by atoms with Crippen LogP contribution in [0.1, 0.15) is 40.0 Å². The van der Waals surface area contributed by atoms with Gasteiger partial charge in [0.2, 0.25) is 0 Å². The summed E-state index contributed by atoms with van der Waals surface area (Å²) in [5.41, 5.74) is 4.84. The summed E-state index contributed by atoms with van der Waals surface area (Å²) in [6.45, 7) is 10.2. The van der Waals surface area contributed by atoms with Crippen LogP contribution >= 0.6 is 0 Å². The first kappa shape index (κ1) is 15.9. The van der Waals surface area contributed by atoms with Crippen molar-refractivity contribution in [3.05, 3.63) is 0 Å². The molecule has 18 heavy (non-hydrogen) atoms. The van der Waals surface area contributed by atoms with Crippen molar-refractivity contribution in [3.8, 4) is 0 Å². The Morgan fingerprint density at radius 2 is 1.78 bits per heavy atom. The van der Waals surface area contributed by atoms with E-state index < -0.39 is 5.60 Å². The summed E-state index contributed by atoms with van der Waals surface area (Å²) in [4.78, 5) is 5.00. The Morgan fingerprint density at radius 1 is 1.22 bits per heavy atom. The summed E-state index contributed by atoms with van der Waals surface area (Å²) in [5.74, 6) is 0. The van der Waals surface area contributed by atoms with Crippen LogP contribution in [0.4, 0.5) is 0 Å². The SMILES string of the molecule is CC1CN(CCCCC(C)(O)CN)CC(C)N1C. The fourth-order valence-corrected chi connectivity index (χ4v) is 2.64. The van der Waals surface area contributed by atoms with Crippen molar-refractivity contribution in [2.45, 2.75) is 57.7 Å². The Bertz CT molecular complexity index is 233. The van der Waals surface area contributed by atoms with Crippen LogP contribution in [0.2, 0.25) is 0 Å². The average molecular weight is 257 g/mol. The van der Waals surface area contributed by atoms with E-state index >= 15 is 0 Å². The zero-order valence-corrected chi connectivity index (χ0v) is 12.5. The topological polar surface area (TPSA) is 52.7 Å². The Morgan fingerprint density at radius 3 is 2.28 bits per heavy atom. The van der Waals surface area contributed by atoms with Crippen LogP contribution in [0.15, 0.2) is 0 Å². The lowest BCUT2D eigenvalue weighted by molar-refractivity contribution is 0.0471. The molecule has 3 unspecified atom stereocenters. The number of hydrogen-bond donors (Lipinski definition) is 2. The number of nitrogens with zero attached hydrogens (tertiary/aromatic N) is 2. The number of unbranched alkanes of at least 4 members (excludes halogenated alkanes) is 1. The van der Waals surface area contributed by atoms with Crippen LogP contribution in [-0.2, 0) is 0 Å². The first-order valence-corrected chi connectivity index (χ1v) is 7.22. The number of aliphatic hydroxyl groups is 1. The van der Waals surface area contributed by atoms with Gasteiger partial charge >= 0.3 is 0 Å². The van der Waals surface area contributed by atoms with Gasteiger partial charge in [-0.05, 0) is 53.6 Å². The van der Waals surface area contributed by atoms with Gasteiger partial charge < -0.3 is 15.7 Å². The smallest absolute Gasteiger partial charge is 0.0741 e. The molecule has 0 aromatic rings. The van der Waals surface area contributed by atoms with Gasteiger partial charge in [-0.1, -0.05) is 0 Å². The van der Waals surface area contributed by atoms with E-state index in [0.717, 1.165) is 38.9 Å². The molecule has 0 radical (unpaired) electrons. The molecular formula is C14H31N3O. The highest BCUT2D eigenvalue weighted by Gasteiger charge is 2.26. The third-order valence-electron chi connectivity index (χ3n) is 4.31. The van der Waals surface area contributed by atoms with Gasteiger partial charge in [0.15, 0.2) is 0 Å². The fourth-order valence-electron chi connectivity index (χ4n) is 2.64. The molecule has 0 bridgehead atoms. The molecule has 0 saturated carbocycles. The highest BCUT2D eigenvalue weighted by atomic mass is 16.3. The maximum absolute atomic E-state index is 9.83. The third-order valence-corrected chi connectivity index (χ3v) is 4.31. The minimum absolute atomic E-state index is 0.357. The molecule has 3 atom stereocenters. The number of likely N-dealkylation sites (N-methyl/N-ethyl adjacent to an activating group) is 1. The summed E-state index contributed by atoms with van der Waals surface area (Å²) >= 11 is 0. The van der Waals surface area contributed by atoms with Crippen molar-refractivity contribution in [1.29, 1.82) is 0 Å². The standard InChI is InChI=1S/C14H31N3O/c1-12-9-17(10-13(2)16(12)4)8-6-5-7-14(3,18)11-15/h12-13,18H,5-11,15H2,1-4H3. The van der Waals surface area contributed by atoms with Gasteiger partial charge in [0.05, 0.1) is 5.60 Å². The van der Waals surface area contributed by atoms with Crippen molar-refractivity contribution in [3.63, 3.8) is 0 Å². The van der Waals surface area contributed by atoms with Crippen LogP contribution in [0, 0.1) is 0 Å². The van der Waals surface area contributed by atoms with Crippen molar-refractivity contribution >= 4 is 0 Å². The second-order valence-electron chi connectivity index (χ2n) is 6.28. The molecule has 0 aliphatic carbocycles. The van der Waals surface area contributed by atoms with Crippen LogP contribution in [0.3, 0.4) is 0 Å². The largest absolute Gasteiger partial charge is 0.389 e. The maximum atomic E-state index is 9.83. The maximum Gasteiger partial charge on any atom is 0.0741 e. The molecule has 1 fully saturated rings. The van der Waals surface area contributed by atoms with E-state index in [1.165, 1.54) is 0 Å². The number of rotatable bonds is 6. The quantitative estimate of drug-likeness (QED) is 0.694. The summed E-state index contributed by atoms with van der Waals surface area (Å²) in [6.07, 6.45) is 3.01. The number of nitrogens with two attached hydrogens (primary N) is 1. The summed E-state index contributed by atoms with van der Waals surface area (Å²) in [5, 5.41) is 9.83. The third kappa shape index (κ3) is 4.84. The lowest BCUT2D eigenvalue weighted by Gasteiger charge is -2.42. The molecule has 0 spiro atoms. The minimum atomic E-state index is -0.678. The predicted octanol–water partition coefficient (Wildman–Crippen LogP) is 0.891. The molecule has 1 heterocycles. The van der Waals surface area contributed by atoms with Crippen LogP contribution < -0.4 is 5.73 Å². The van der Waals surface area contributed by atoms with Crippen molar-refractivity contribution in [1.82, 2.24) is 9.80 Å². The second kappa shape index (κ2) is 6.85. The van der Waals surface area contributed by atoms with E-state index in [4.69, 9.17) is 5.73 Å². The fraction of sp³-hybridized carbons (Fsp3) is 1.00. The highest BCUT2D eigenvalue weighted by Crippen LogP contribution is 2.16. The van der Waals surface area contributed by atoms with Crippen LogP contribution in [0.25, 0.3) is 0 Å². The molecule has 0 aromatic heterocycles. The number of piperazine rings is 1. The van der Waals surface area contributed by atoms with Gasteiger partial charge in [-0.15, -0.1) is 0 Å². The highest BCUT2D eigenvalue weighted by molar-refractivity contribution is 4.82. The molecule has 1 saturated heterocycles. The molecular weight excluding hydrogens is 226 g/mol. The summed E-state index contributed by atoms with van der Waals surface area (Å²) in [7, 11) is 2.21. The molecule has 1 rings (SSSR count). The van der Waals surface area contributed by atoms with Gasteiger partial charge in [0, 0.05) is 31.7 Å². The molecule has 3 N–H and O–H groups in total. The van der Waals surface area contributed by atoms with E-state index in [0.29, 0.717) is 18.6 Å². The summed E-state index contributed by atoms with van der Waals surface area (Å²) in [6, 6.07) is 1.28. The molecule has 108 valence electrons. The van der Waals surface area contributed by atoms with Gasteiger partial charge in [-0.3, -0.25) is 4.90 Å². The van der Waals surface area contributed by atoms with Crippen molar-refractivity contribution in [2.24, 2.45) is 5.73 Å². The molecule has 0 amide bonds. The van der Waals surface area contributed by atoms with Gasteiger partial charge in [0.25, 0.3) is 0 Å². The van der Waals surface area contributed by atoms with Crippen molar-refractivity contribution in [2.75, 3.05) is 33.2 Å². The van der Waals surface area contributed by atoms with Crippen LogP contribution in [0.5, 0.6) is 0 Å². The lowest BCUT2D eigenvalue weighted by atomic mass is 9.99. The van der Waals surface area contributed by atoms with Crippen molar-refractivity contribution < 1.29 is 5.11 Å². The second-order valence-corrected chi connectivity index (χ2v) is 6.28. The number of hydrogen-bond acceptors (Lipinski definition) is 4. The molecule has 0 aromatic carbocycles. The Balaban J connectivity index is 2.20. The molecule has 1 aliphatic rings. The summed E-state index contributed by atoms with van der Waals surface area (Å²) < 4.78 is 0. The van der Waals surface area contributed by atoms with E-state index in [9.17, 15) is 5.11 Å². The van der Waals surface area contributed by atoms with Crippen LogP contribution in [-0.4, -0.2) is 65.8 Å². The zero-order chi connectivity index (χ0) is 13.8. The van der Waals surface area contributed by atoms with E-state index in [-0.39, 0.29) is 0 Å². The van der Waals surface area contributed by atoms with Gasteiger partial charge in [-0.2, -0.15) is 0 Å². The van der Waals surface area contributed by atoms with E-state index in [1.807, 2.05) is 6.92 Å². The first-order chi connectivity index (χ1) is 8.35. The normalized spacial score (nSPS) is 30.3.